The molecule has 0 aliphatic carbocycles. The van der Waals surface area contributed by atoms with Gasteiger partial charge in [-0.3, -0.25) is 38.5 Å². The second-order valence-electron chi connectivity index (χ2n) is 19.9. The molecule has 2 N–H and O–H groups in total. The monoisotopic (exact) mass is 991 g/mol. The zero-order chi connectivity index (χ0) is 51.5. The number of piperidine rings is 1. The molecular formula is C55H102N6O9. The molecule has 15 heteroatoms. The molecule has 0 spiro atoms. The molecule has 1 saturated heterocycles. The van der Waals surface area contributed by atoms with Crippen LogP contribution in [0.1, 0.15) is 227 Å². The normalized spacial score (nSPS) is 12.6. The third-order valence-corrected chi connectivity index (χ3v) is 13.3. The van der Waals surface area contributed by atoms with Crippen molar-refractivity contribution in [2.45, 2.75) is 227 Å². The summed E-state index contributed by atoms with van der Waals surface area (Å²) in [6, 6.07) is 0. The van der Waals surface area contributed by atoms with Gasteiger partial charge in [0.1, 0.15) is 26.2 Å². The Morgan fingerprint density at radius 1 is 0.371 bits per heavy atom. The summed E-state index contributed by atoms with van der Waals surface area (Å²) in [5, 5.41) is 0. The molecular weight excluding hydrogens is 889 g/mol. The number of ether oxygens (including phenoxy) is 2. The number of nitrogens with two attached hydrogens (primary N) is 1. The molecule has 5 amide bonds. The topological polar surface area (TPSA) is 180 Å². The van der Waals surface area contributed by atoms with Gasteiger partial charge in [0.2, 0.25) is 29.5 Å². The molecule has 15 nitrogen and oxygen atoms in total. The van der Waals surface area contributed by atoms with Gasteiger partial charge in [0.25, 0.3) is 0 Å². The molecule has 1 aliphatic heterocycles. The zero-order valence-electron chi connectivity index (χ0n) is 45.1. The summed E-state index contributed by atoms with van der Waals surface area (Å²) in [6.07, 6.45) is 31.6. The van der Waals surface area contributed by atoms with Crippen LogP contribution in [0.5, 0.6) is 0 Å². The maximum absolute atomic E-state index is 14.5. The Hall–Kier alpha value is -3.75. The third kappa shape index (κ3) is 34.6. The number of esters is 2. The van der Waals surface area contributed by atoms with E-state index in [4.69, 9.17) is 15.2 Å². The van der Waals surface area contributed by atoms with E-state index in [1.807, 2.05) is 4.90 Å². The summed E-state index contributed by atoms with van der Waals surface area (Å²) in [5.41, 5.74) is 5.61. The fraction of sp³-hybridized carbons (Fsp3) is 0.873. The summed E-state index contributed by atoms with van der Waals surface area (Å²) in [4.78, 5) is 103. The lowest BCUT2D eigenvalue weighted by molar-refractivity contribution is -0.154. The minimum Gasteiger partial charge on any atom is -0.464 e. The highest BCUT2D eigenvalue weighted by molar-refractivity contribution is 5.93. The van der Waals surface area contributed by atoms with Gasteiger partial charge in [-0.05, 0) is 51.6 Å². The SMILES string of the molecule is CCCCCCCCCCN(CC(N)=O)C(=O)CN(CC(=O)OCCCCCCCC)C(=O)CN(CCCCCCCCCC)C(=O)CN(CC(=O)OCCCCCCCC)C(=O)CN1CCCCC1. The van der Waals surface area contributed by atoms with E-state index in [-0.39, 0.29) is 45.3 Å². The van der Waals surface area contributed by atoms with Crippen molar-refractivity contribution in [3.05, 3.63) is 0 Å². The average Bonchev–Trinajstić information content (AvgIpc) is 3.33. The summed E-state index contributed by atoms with van der Waals surface area (Å²) in [7, 11) is 0. The van der Waals surface area contributed by atoms with Crippen molar-refractivity contribution in [1.29, 1.82) is 0 Å². The quantitative estimate of drug-likeness (QED) is 0.0456. The summed E-state index contributed by atoms with van der Waals surface area (Å²) >= 11 is 0. The highest BCUT2D eigenvalue weighted by atomic mass is 16.5. The van der Waals surface area contributed by atoms with E-state index in [1.165, 1.54) is 53.2 Å². The molecule has 1 rings (SSSR count). The lowest BCUT2D eigenvalue weighted by atomic mass is 10.1. The third-order valence-electron chi connectivity index (χ3n) is 13.3. The van der Waals surface area contributed by atoms with Gasteiger partial charge in [0.05, 0.1) is 32.8 Å². The first-order chi connectivity index (χ1) is 33.9. The largest absolute Gasteiger partial charge is 0.464 e. The van der Waals surface area contributed by atoms with E-state index in [1.54, 1.807) is 0 Å². The Bertz CT molecular complexity index is 1410. The Morgan fingerprint density at radius 3 is 1.07 bits per heavy atom. The van der Waals surface area contributed by atoms with Crippen LogP contribution < -0.4 is 5.73 Å². The molecule has 1 fully saturated rings. The van der Waals surface area contributed by atoms with Crippen molar-refractivity contribution in [2.24, 2.45) is 5.73 Å². The fourth-order valence-corrected chi connectivity index (χ4v) is 8.85. The second kappa shape index (κ2) is 44.0. The van der Waals surface area contributed by atoms with Gasteiger partial charge in [-0.15, -0.1) is 0 Å². The molecule has 1 aliphatic rings. The molecule has 0 unspecified atom stereocenters. The van der Waals surface area contributed by atoms with Gasteiger partial charge in [0, 0.05) is 13.1 Å². The number of carbonyl (C=O) groups excluding carboxylic acids is 7. The van der Waals surface area contributed by atoms with Crippen LogP contribution in [-0.2, 0) is 43.0 Å². The number of likely N-dealkylation sites (tertiary alicyclic amines) is 1. The number of rotatable bonds is 46. The predicted octanol–water partition coefficient (Wildman–Crippen LogP) is 9.36. The number of hydrogen-bond donors (Lipinski definition) is 1. The van der Waals surface area contributed by atoms with Crippen LogP contribution in [0.2, 0.25) is 0 Å². The van der Waals surface area contributed by atoms with E-state index < -0.39 is 68.3 Å². The van der Waals surface area contributed by atoms with Gasteiger partial charge in [-0.25, -0.2) is 0 Å². The molecule has 0 bridgehead atoms. The van der Waals surface area contributed by atoms with Crippen LogP contribution in [0.15, 0.2) is 0 Å². The fourth-order valence-electron chi connectivity index (χ4n) is 8.85. The van der Waals surface area contributed by atoms with Crippen molar-refractivity contribution in [2.75, 3.05) is 85.2 Å². The molecule has 406 valence electrons. The number of carbonyl (C=O) groups is 7. The lowest BCUT2D eigenvalue weighted by Gasteiger charge is -2.31. The van der Waals surface area contributed by atoms with Crippen LogP contribution >= 0.6 is 0 Å². The molecule has 0 aromatic carbocycles. The van der Waals surface area contributed by atoms with E-state index in [0.29, 0.717) is 19.3 Å². The van der Waals surface area contributed by atoms with E-state index >= 15 is 0 Å². The van der Waals surface area contributed by atoms with Crippen molar-refractivity contribution < 1.29 is 43.0 Å². The summed E-state index contributed by atoms with van der Waals surface area (Å²) < 4.78 is 11.1. The van der Waals surface area contributed by atoms with Crippen molar-refractivity contribution in [3.63, 3.8) is 0 Å². The number of hydrogen-bond acceptors (Lipinski definition) is 10. The minimum atomic E-state index is -0.683. The Kier molecular flexibility index (Phi) is 40.4. The van der Waals surface area contributed by atoms with Crippen LogP contribution in [0, 0.1) is 0 Å². The molecule has 1 heterocycles. The number of primary amides is 1. The van der Waals surface area contributed by atoms with Gasteiger partial charge in [-0.1, -0.05) is 188 Å². The van der Waals surface area contributed by atoms with Crippen LogP contribution in [0.25, 0.3) is 0 Å². The maximum Gasteiger partial charge on any atom is 0.325 e. The van der Waals surface area contributed by atoms with Crippen molar-refractivity contribution in [1.82, 2.24) is 24.5 Å². The van der Waals surface area contributed by atoms with Crippen LogP contribution in [0.4, 0.5) is 0 Å². The van der Waals surface area contributed by atoms with Crippen molar-refractivity contribution in [3.8, 4) is 0 Å². The summed E-state index contributed by atoms with van der Waals surface area (Å²) in [6.45, 7) is 8.47. The van der Waals surface area contributed by atoms with Gasteiger partial charge >= 0.3 is 11.9 Å². The molecule has 70 heavy (non-hydrogen) atoms. The summed E-state index contributed by atoms with van der Waals surface area (Å²) in [5.74, 6) is -4.01. The van der Waals surface area contributed by atoms with Crippen molar-refractivity contribution >= 4 is 41.5 Å². The van der Waals surface area contributed by atoms with Gasteiger partial charge in [0.15, 0.2) is 0 Å². The number of nitrogens with zero attached hydrogens (tertiary/aromatic N) is 5. The van der Waals surface area contributed by atoms with Crippen LogP contribution in [0.3, 0.4) is 0 Å². The molecule has 0 saturated carbocycles. The Labute approximate surface area is 425 Å². The Morgan fingerprint density at radius 2 is 0.686 bits per heavy atom. The average molecular weight is 991 g/mol. The lowest BCUT2D eigenvalue weighted by Crippen LogP contribution is -2.52. The van der Waals surface area contributed by atoms with Gasteiger partial charge in [-0.2, -0.15) is 0 Å². The first-order valence-corrected chi connectivity index (χ1v) is 28.4. The predicted molar refractivity (Wildman–Crippen MR) is 280 cm³/mol. The van der Waals surface area contributed by atoms with E-state index in [9.17, 15) is 33.6 Å². The van der Waals surface area contributed by atoms with Gasteiger partial charge < -0.3 is 34.8 Å². The van der Waals surface area contributed by atoms with E-state index in [2.05, 4.69) is 27.7 Å². The first-order valence-electron chi connectivity index (χ1n) is 28.4. The molecule has 0 atom stereocenters. The van der Waals surface area contributed by atoms with E-state index in [0.717, 1.165) is 159 Å². The standard InChI is InChI=1S/C55H102N6O9/c1-5-9-13-17-21-23-25-32-38-58(42-49(56)62)51(64)45-61(48-55(68)70-41-35-28-20-16-12-8-4)53(66)44-59(39-33-26-24-22-18-14-10-6-2)52(65)46-60(50(63)43-57-36-30-29-31-37-57)47-54(67)69-40-34-27-19-15-11-7-3/h5-48H2,1-4H3,(H2,56,62). The first kappa shape index (κ1) is 64.3. The molecule has 0 radical (unpaired) electrons. The second-order valence-corrected chi connectivity index (χ2v) is 19.9. The highest BCUT2D eigenvalue weighted by Crippen LogP contribution is 2.14. The van der Waals surface area contributed by atoms with Crippen LogP contribution in [-0.4, -0.2) is 151 Å². The zero-order valence-corrected chi connectivity index (χ0v) is 45.1. The molecule has 0 aromatic heterocycles. The number of unbranched alkanes of at least 4 members (excludes halogenated alkanes) is 24. The highest BCUT2D eigenvalue weighted by Gasteiger charge is 2.30. The Balaban J connectivity index is 3.36. The minimum absolute atomic E-state index is 0.0620. The molecule has 0 aromatic rings. The number of amides is 5. The maximum atomic E-state index is 14.5. The smallest absolute Gasteiger partial charge is 0.325 e.